The molecule has 0 aromatic heterocycles. The number of hydrogen-bond donors (Lipinski definition) is 2. The van der Waals surface area contributed by atoms with Gasteiger partial charge >= 0.3 is 24.1 Å². The summed E-state index contributed by atoms with van der Waals surface area (Å²) in [4.78, 5) is 61.7. The Morgan fingerprint density at radius 3 is 0.824 bits per heavy atom. The Hall–Kier alpha value is -2.64. The van der Waals surface area contributed by atoms with E-state index in [1.54, 1.807) is 20.8 Å². The Labute approximate surface area is 459 Å². The molecule has 0 saturated heterocycles. The quantitative estimate of drug-likeness (QED) is 0.0257. The molecule has 0 rings (SSSR count). The first-order valence-corrected chi connectivity index (χ1v) is 30.4. The number of nitrogens with zero attached hydrogens (tertiary/aromatic N) is 2. The summed E-state index contributed by atoms with van der Waals surface area (Å²) >= 11 is 5.26. The lowest BCUT2D eigenvalue weighted by Crippen LogP contribution is -2.41. The standard InChI is InChI=1S/C37H71NO6.C14H27ClO.C9H19NO4/c1-6-8-10-12-14-16-18-20-22-24-26-28-34(39)42-32-30-38(36(41)44-37(3,4)5)31-33-43-35(40)29-27-25-23-21-19-17-15-13-11-9-7-2;1-2-3-4-5-6-7-8-9-10-11-12-13-14(15)16;1-9(2,3)14-8(13)10(4-6-11)5-7-12/h6-33H2,1-5H3;2-13H2,1H3;11-12H,4-7H2,1-3H3. The fourth-order valence-corrected chi connectivity index (χ4v) is 8.10. The summed E-state index contributed by atoms with van der Waals surface area (Å²) < 4.78 is 21.4. The third-order valence-corrected chi connectivity index (χ3v) is 12.4. The van der Waals surface area contributed by atoms with Gasteiger partial charge in [-0.3, -0.25) is 14.4 Å². The van der Waals surface area contributed by atoms with Gasteiger partial charge in [0.25, 0.3) is 0 Å². The number of rotatable bonds is 46. The van der Waals surface area contributed by atoms with Crippen LogP contribution in [0.3, 0.4) is 0 Å². The van der Waals surface area contributed by atoms with Crippen LogP contribution in [0.25, 0.3) is 0 Å². The van der Waals surface area contributed by atoms with Crippen molar-refractivity contribution < 1.29 is 53.1 Å². The lowest BCUT2D eigenvalue weighted by molar-refractivity contribution is -0.144. The normalized spacial score (nSPS) is 11.2. The molecule has 0 unspecified atom stereocenters. The lowest BCUT2D eigenvalue weighted by atomic mass is 10.1. The number of carbonyl (C=O) groups is 5. The molecule has 0 aliphatic carbocycles. The predicted octanol–water partition coefficient (Wildman–Crippen LogP) is 16.4. The third-order valence-electron chi connectivity index (χ3n) is 12.2. The van der Waals surface area contributed by atoms with Gasteiger partial charge in [-0.25, -0.2) is 9.59 Å². The van der Waals surface area contributed by atoms with Crippen molar-refractivity contribution in [2.75, 3.05) is 52.6 Å². The fraction of sp³-hybridized carbons (Fsp3) is 0.917. The molecule has 0 aromatic carbocycles. The van der Waals surface area contributed by atoms with Crippen molar-refractivity contribution in [3.63, 3.8) is 0 Å². The number of aliphatic hydroxyl groups excluding tert-OH is 2. The minimum absolute atomic E-state index is 0.1000. The van der Waals surface area contributed by atoms with E-state index in [2.05, 4.69) is 20.8 Å². The topological polar surface area (TPSA) is 169 Å². The van der Waals surface area contributed by atoms with Crippen LogP contribution in [0.15, 0.2) is 0 Å². The van der Waals surface area contributed by atoms with Crippen LogP contribution in [0, 0.1) is 0 Å². The summed E-state index contributed by atoms with van der Waals surface area (Å²) in [6, 6.07) is 0. The van der Waals surface area contributed by atoms with Gasteiger partial charge in [-0.05, 0) is 72.4 Å². The number of halogens is 1. The zero-order valence-corrected chi connectivity index (χ0v) is 50.2. The molecular formula is C60H117ClN2O11. The molecule has 0 aliphatic rings. The van der Waals surface area contributed by atoms with E-state index in [1.807, 2.05) is 20.8 Å². The number of esters is 2. The zero-order valence-electron chi connectivity index (χ0n) is 49.5. The van der Waals surface area contributed by atoms with Crippen LogP contribution in [0.4, 0.5) is 9.59 Å². The van der Waals surface area contributed by atoms with Crippen molar-refractivity contribution in [2.24, 2.45) is 0 Å². The van der Waals surface area contributed by atoms with E-state index in [0.717, 1.165) is 51.4 Å². The average Bonchev–Trinajstić information content (AvgIpc) is 3.33. The van der Waals surface area contributed by atoms with Crippen LogP contribution in [0.2, 0.25) is 0 Å². The molecule has 0 aromatic rings. The lowest BCUT2D eigenvalue weighted by Gasteiger charge is -2.27. The summed E-state index contributed by atoms with van der Waals surface area (Å²) in [5.74, 6) is -0.466. The summed E-state index contributed by atoms with van der Waals surface area (Å²) in [6.45, 7) is 18.2. The van der Waals surface area contributed by atoms with E-state index in [9.17, 15) is 24.0 Å². The Balaban J connectivity index is -0.00000136. The van der Waals surface area contributed by atoms with E-state index in [4.69, 9.17) is 40.8 Å². The average molecular weight is 1080 g/mol. The van der Waals surface area contributed by atoms with Gasteiger partial charge < -0.3 is 39.0 Å². The highest BCUT2D eigenvalue weighted by Crippen LogP contribution is 2.16. The van der Waals surface area contributed by atoms with Crippen LogP contribution in [0.1, 0.15) is 293 Å². The minimum Gasteiger partial charge on any atom is -0.464 e. The summed E-state index contributed by atoms with van der Waals surface area (Å²) in [5.41, 5.74) is -1.20. The third kappa shape index (κ3) is 61.9. The first-order valence-electron chi connectivity index (χ1n) is 30.0. The molecule has 74 heavy (non-hydrogen) atoms. The van der Waals surface area contributed by atoms with E-state index in [-0.39, 0.29) is 69.8 Å². The van der Waals surface area contributed by atoms with Gasteiger partial charge in [-0.1, -0.05) is 213 Å². The van der Waals surface area contributed by atoms with Crippen molar-refractivity contribution in [2.45, 2.75) is 305 Å². The van der Waals surface area contributed by atoms with Gasteiger partial charge in [0.05, 0.1) is 26.3 Å². The van der Waals surface area contributed by atoms with E-state index in [0.29, 0.717) is 19.3 Å². The SMILES string of the molecule is CC(C)(C)OC(=O)N(CCO)CCO.CCCCCCCCCCCCCC(=O)Cl.CCCCCCCCCCCCCC(=O)OCCN(CCOC(=O)CCCCCCCCCCCCC)C(=O)OC(C)(C)C. The highest BCUT2D eigenvalue weighted by molar-refractivity contribution is 6.63. The van der Waals surface area contributed by atoms with Gasteiger partial charge in [-0.2, -0.15) is 0 Å². The Morgan fingerprint density at radius 2 is 0.595 bits per heavy atom. The van der Waals surface area contributed by atoms with Crippen molar-refractivity contribution in [1.82, 2.24) is 9.80 Å². The second-order valence-electron chi connectivity index (χ2n) is 22.0. The van der Waals surface area contributed by atoms with E-state index in [1.165, 1.54) is 170 Å². The van der Waals surface area contributed by atoms with Crippen LogP contribution < -0.4 is 0 Å². The molecule has 2 amide bonds. The van der Waals surface area contributed by atoms with Crippen LogP contribution in [-0.4, -0.2) is 113 Å². The Kier molecular flexibility index (Phi) is 56.3. The number of carbonyl (C=O) groups excluding carboxylic acids is 5. The molecule has 0 saturated carbocycles. The molecule has 0 atom stereocenters. The number of ether oxygens (including phenoxy) is 4. The highest BCUT2D eigenvalue weighted by atomic mass is 35.5. The predicted molar refractivity (Wildman–Crippen MR) is 306 cm³/mol. The molecular weight excluding hydrogens is 960 g/mol. The van der Waals surface area contributed by atoms with Crippen molar-refractivity contribution in [1.29, 1.82) is 0 Å². The maximum atomic E-state index is 12.7. The second kappa shape index (κ2) is 55.1. The Morgan fingerprint density at radius 1 is 0.365 bits per heavy atom. The molecule has 440 valence electrons. The van der Waals surface area contributed by atoms with E-state index < -0.39 is 23.4 Å². The Bertz CT molecular complexity index is 1240. The largest absolute Gasteiger partial charge is 0.464 e. The summed E-state index contributed by atoms with van der Waals surface area (Å²) in [7, 11) is 0. The number of unbranched alkanes of at least 4 members (excludes halogenated alkanes) is 30. The first-order chi connectivity index (χ1) is 35.4. The van der Waals surface area contributed by atoms with Crippen molar-refractivity contribution >= 4 is 41.0 Å². The molecule has 0 heterocycles. The summed E-state index contributed by atoms with van der Waals surface area (Å²) in [5, 5.41) is 17.2. The molecule has 2 N–H and O–H groups in total. The highest BCUT2D eigenvalue weighted by Gasteiger charge is 2.23. The van der Waals surface area contributed by atoms with Crippen LogP contribution >= 0.6 is 11.6 Å². The molecule has 0 spiro atoms. The first kappa shape index (κ1) is 75.6. The van der Waals surface area contributed by atoms with Gasteiger partial charge in [0.2, 0.25) is 5.24 Å². The molecule has 0 radical (unpaired) electrons. The van der Waals surface area contributed by atoms with E-state index >= 15 is 0 Å². The fourth-order valence-electron chi connectivity index (χ4n) is 7.96. The molecule has 0 fully saturated rings. The van der Waals surface area contributed by atoms with Crippen LogP contribution in [-0.2, 0) is 33.3 Å². The van der Waals surface area contributed by atoms with Gasteiger partial charge in [0.1, 0.15) is 24.4 Å². The molecule has 14 heteroatoms. The monoisotopic (exact) mass is 1080 g/mol. The number of aliphatic hydroxyl groups is 2. The second-order valence-corrected chi connectivity index (χ2v) is 22.5. The van der Waals surface area contributed by atoms with Gasteiger partial charge in [0, 0.05) is 32.4 Å². The molecule has 0 aliphatic heterocycles. The summed E-state index contributed by atoms with van der Waals surface area (Å²) in [6.07, 6.45) is 41.9. The number of hydrogen-bond acceptors (Lipinski definition) is 11. The molecule has 13 nitrogen and oxygen atoms in total. The van der Waals surface area contributed by atoms with Gasteiger partial charge in [-0.15, -0.1) is 0 Å². The minimum atomic E-state index is -0.646. The van der Waals surface area contributed by atoms with Gasteiger partial charge in [0.15, 0.2) is 0 Å². The zero-order chi connectivity index (χ0) is 56.0. The maximum absolute atomic E-state index is 12.7. The maximum Gasteiger partial charge on any atom is 0.410 e. The van der Waals surface area contributed by atoms with Crippen molar-refractivity contribution in [3.8, 4) is 0 Å². The van der Waals surface area contributed by atoms with Crippen molar-refractivity contribution in [3.05, 3.63) is 0 Å². The smallest absolute Gasteiger partial charge is 0.410 e. The van der Waals surface area contributed by atoms with Crippen LogP contribution in [0.5, 0.6) is 0 Å². The molecule has 0 bridgehead atoms. The number of amides is 2.